The normalized spacial score (nSPS) is 11.7. The van der Waals surface area contributed by atoms with E-state index in [1.165, 1.54) is 26.9 Å². The van der Waals surface area contributed by atoms with Crippen LogP contribution in [0.15, 0.2) is 72.8 Å². The zero-order valence-corrected chi connectivity index (χ0v) is 13.5. The summed E-state index contributed by atoms with van der Waals surface area (Å²) in [6.45, 7) is 0. The molecule has 1 N–H and O–H groups in total. The van der Waals surface area contributed by atoms with Gasteiger partial charge in [-0.1, -0.05) is 72.3 Å². The first-order valence-electron chi connectivity index (χ1n) is 7.88. The number of phenols is 1. The molecule has 114 valence electrons. The first-order chi connectivity index (χ1) is 11.7. The molecule has 0 spiro atoms. The second kappa shape index (κ2) is 4.86. The van der Waals surface area contributed by atoms with Crippen LogP contribution in [-0.4, -0.2) is 5.11 Å². The average molecular weight is 329 g/mol. The van der Waals surface area contributed by atoms with Crippen LogP contribution in [0.2, 0.25) is 5.02 Å². The number of fused-ring (bicyclic) bond motifs is 7. The van der Waals surface area contributed by atoms with Gasteiger partial charge in [0.15, 0.2) is 0 Å². The largest absolute Gasteiger partial charge is 0.508 e. The molecular formula is C22H13ClO. The van der Waals surface area contributed by atoms with Crippen molar-refractivity contribution >= 4 is 54.7 Å². The third-order valence-corrected chi connectivity index (χ3v) is 5.07. The van der Waals surface area contributed by atoms with Crippen LogP contribution in [0.5, 0.6) is 5.75 Å². The minimum Gasteiger partial charge on any atom is -0.508 e. The van der Waals surface area contributed by atoms with Gasteiger partial charge in [-0.05, 0) is 49.8 Å². The van der Waals surface area contributed by atoms with E-state index in [0.29, 0.717) is 5.02 Å². The maximum absolute atomic E-state index is 9.79. The Kier molecular flexibility index (Phi) is 2.76. The van der Waals surface area contributed by atoms with Crippen molar-refractivity contribution < 1.29 is 5.11 Å². The molecule has 0 fully saturated rings. The Morgan fingerprint density at radius 1 is 0.583 bits per heavy atom. The monoisotopic (exact) mass is 328 g/mol. The highest BCUT2D eigenvalue weighted by Crippen LogP contribution is 2.38. The minimum atomic E-state index is 0.193. The van der Waals surface area contributed by atoms with Crippen molar-refractivity contribution in [3.05, 3.63) is 77.8 Å². The Morgan fingerprint density at radius 2 is 1.21 bits per heavy atom. The lowest BCUT2D eigenvalue weighted by Crippen LogP contribution is -1.83. The third-order valence-electron chi connectivity index (χ3n) is 4.77. The lowest BCUT2D eigenvalue weighted by molar-refractivity contribution is 0.476. The van der Waals surface area contributed by atoms with Gasteiger partial charge in [0.2, 0.25) is 0 Å². The second-order valence-electron chi connectivity index (χ2n) is 6.13. The van der Waals surface area contributed by atoms with Crippen LogP contribution in [0.25, 0.3) is 43.1 Å². The summed E-state index contributed by atoms with van der Waals surface area (Å²) in [6.07, 6.45) is 0. The van der Waals surface area contributed by atoms with E-state index in [0.717, 1.165) is 16.2 Å². The van der Waals surface area contributed by atoms with E-state index in [2.05, 4.69) is 54.6 Å². The molecule has 0 aromatic heterocycles. The highest BCUT2D eigenvalue weighted by molar-refractivity contribution is 6.39. The summed E-state index contributed by atoms with van der Waals surface area (Å²) < 4.78 is 0. The van der Waals surface area contributed by atoms with E-state index >= 15 is 0 Å². The highest BCUT2D eigenvalue weighted by atomic mass is 35.5. The summed E-state index contributed by atoms with van der Waals surface area (Å²) in [4.78, 5) is 0. The fourth-order valence-electron chi connectivity index (χ4n) is 3.71. The molecule has 24 heavy (non-hydrogen) atoms. The van der Waals surface area contributed by atoms with E-state index < -0.39 is 0 Å². The number of halogens is 1. The number of hydrogen-bond acceptors (Lipinski definition) is 1. The zero-order valence-electron chi connectivity index (χ0n) is 12.8. The molecule has 2 heteroatoms. The molecule has 0 bridgehead atoms. The Balaban J connectivity index is 2.02. The first-order valence-corrected chi connectivity index (χ1v) is 8.25. The summed E-state index contributed by atoms with van der Waals surface area (Å²) in [5.74, 6) is 0.193. The third kappa shape index (κ3) is 1.82. The number of benzene rings is 5. The van der Waals surface area contributed by atoms with Gasteiger partial charge < -0.3 is 5.11 Å². The standard InChI is InChI=1S/C22H13ClO/c23-21-12-15(24)11-14-6-8-19-18-7-5-13-3-1-2-4-16(13)17(18)9-10-20(19)22(14)21/h1-12,24H. The average Bonchev–Trinajstić information content (AvgIpc) is 2.60. The Labute approximate surface area is 143 Å². The SMILES string of the molecule is Oc1cc(Cl)c2c(ccc3c4ccc5ccccc5c4ccc32)c1. The summed E-state index contributed by atoms with van der Waals surface area (Å²) in [7, 11) is 0. The van der Waals surface area contributed by atoms with Crippen LogP contribution in [0.1, 0.15) is 0 Å². The van der Waals surface area contributed by atoms with Gasteiger partial charge in [-0.25, -0.2) is 0 Å². The fraction of sp³-hybridized carbons (Fsp3) is 0. The topological polar surface area (TPSA) is 20.2 Å². The molecule has 0 unspecified atom stereocenters. The Morgan fingerprint density at radius 3 is 2.08 bits per heavy atom. The minimum absolute atomic E-state index is 0.193. The van der Waals surface area contributed by atoms with Crippen molar-refractivity contribution in [1.29, 1.82) is 0 Å². The Bertz CT molecular complexity index is 1270. The number of phenolic OH excluding ortho intramolecular Hbond substituents is 1. The van der Waals surface area contributed by atoms with Crippen molar-refractivity contribution in [2.75, 3.05) is 0 Å². The van der Waals surface area contributed by atoms with Crippen LogP contribution in [0.3, 0.4) is 0 Å². The van der Waals surface area contributed by atoms with E-state index in [-0.39, 0.29) is 5.75 Å². The second-order valence-corrected chi connectivity index (χ2v) is 6.54. The molecule has 1 nitrogen and oxygen atoms in total. The van der Waals surface area contributed by atoms with Crippen molar-refractivity contribution in [2.45, 2.75) is 0 Å². The molecule has 0 amide bonds. The highest BCUT2D eigenvalue weighted by Gasteiger charge is 2.10. The fourth-order valence-corrected chi connectivity index (χ4v) is 4.03. The van der Waals surface area contributed by atoms with Crippen LogP contribution in [0.4, 0.5) is 0 Å². The number of rotatable bonds is 0. The van der Waals surface area contributed by atoms with Gasteiger partial charge in [0.05, 0.1) is 5.02 Å². The molecule has 5 rings (SSSR count). The van der Waals surface area contributed by atoms with Crippen LogP contribution < -0.4 is 0 Å². The molecule has 0 heterocycles. The van der Waals surface area contributed by atoms with E-state index in [1.54, 1.807) is 12.1 Å². The molecule has 0 aliphatic rings. The van der Waals surface area contributed by atoms with E-state index in [4.69, 9.17) is 11.6 Å². The predicted octanol–water partition coefficient (Wildman–Crippen LogP) is 6.66. The summed E-state index contributed by atoms with van der Waals surface area (Å²) in [6, 6.07) is 24.6. The van der Waals surface area contributed by atoms with Gasteiger partial charge in [-0.3, -0.25) is 0 Å². The summed E-state index contributed by atoms with van der Waals surface area (Å²) in [5.41, 5.74) is 0. The predicted molar refractivity (Wildman–Crippen MR) is 103 cm³/mol. The van der Waals surface area contributed by atoms with Crippen molar-refractivity contribution in [1.82, 2.24) is 0 Å². The van der Waals surface area contributed by atoms with Gasteiger partial charge >= 0.3 is 0 Å². The molecule has 0 saturated carbocycles. The molecule has 0 saturated heterocycles. The quantitative estimate of drug-likeness (QED) is 0.315. The lowest BCUT2D eigenvalue weighted by atomic mass is 9.94. The molecule has 0 aliphatic heterocycles. The van der Waals surface area contributed by atoms with E-state index in [9.17, 15) is 5.11 Å². The number of hydrogen-bond donors (Lipinski definition) is 1. The molecular weight excluding hydrogens is 316 g/mol. The van der Waals surface area contributed by atoms with Gasteiger partial charge in [0, 0.05) is 5.39 Å². The molecule has 5 aromatic rings. The Hall–Kier alpha value is -2.77. The lowest BCUT2D eigenvalue weighted by Gasteiger charge is -2.11. The van der Waals surface area contributed by atoms with Gasteiger partial charge in [0.1, 0.15) is 5.75 Å². The van der Waals surface area contributed by atoms with Crippen LogP contribution in [0, 0.1) is 0 Å². The summed E-state index contributed by atoms with van der Waals surface area (Å²) in [5, 5.41) is 19.6. The number of aromatic hydroxyl groups is 1. The first kappa shape index (κ1) is 13.6. The molecule has 0 atom stereocenters. The van der Waals surface area contributed by atoms with E-state index in [1.807, 2.05) is 6.07 Å². The van der Waals surface area contributed by atoms with Gasteiger partial charge in [-0.15, -0.1) is 0 Å². The smallest absolute Gasteiger partial charge is 0.117 e. The molecule has 0 radical (unpaired) electrons. The maximum Gasteiger partial charge on any atom is 0.117 e. The maximum atomic E-state index is 9.79. The van der Waals surface area contributed by atoms with Crippen molar-refractivity contribution in [2.24, 2.45) is 0 Å². The zero-order chi connectivity index (χ0) is 16.3. The molecule has 5 aromatic carbocycles. The van der Waals surface area contributed by atoms with Gasteiger partial charge in [0.25, 0.3) is 0 Å². The van der Waals surface area contributed by atoms with Crippen LogP contribution >= 0.6 is 11.6 Å². The van der Waals surface area contributed by atoms with Crippen LogP contribution in [-0.2, 0) is 0 Å². The van der Waals surface area contributed by atoms with Crippen molar-refractivity contribution in [3.8, 4) is 5.75 Å². The molecule has 0 aliphatic carbocycles. The van der Waals surface area contributed by atoms with Gasteiger partial charge in [-0.2, -0.15) is 0 Å². The van der Waals surface area contributed by atoms with Crippen molar-refractivity contribution in [3.63, 3.8) is 0 Å². The summed E-state index contributed by atoms with van der Waals surface area (Å²) >= 11 is 6.43.